The van der Waals surface area contributed by atoms with Gasteiger partial charge < -0.3 is 14.6 Å². The van der Waals surface area contributed by atoms with Crippen molar-refractivity contribution in [2.24, 2.45) is 0 Å². The molecule has 0 fully saturated rings. The van der Waals surface area contributed by atoms with Crippen LogP contribution in [-0.2, 0) is 16.1 Å². The lowest BCUT2D eigenvalue weighted by atomic mass is 10.2. The standard InChI is InChI=1S/C12H15N3O3/c1-9-3-4-10(7-13)12(17)15(9)8-11(16)14-5-6-18-2/h3-4H,5-6,8H2,1-2H3,(H,14,16). The molecule has 0 spiro atoms. The highest BCUT2D eigenvalue weighted by molar-refractivity contribution is 5.75. The van der Waals surface area contributed by atoms with Crippen LogP contribution in [0.1, 0.15) is 11.3 Å². The molecule has 0 atom stereocenters. The van der Waals surface area contributed by atoms with E-state index in [1.807, 2.05) is 0 Å². The summed E-state index contributed by atoms with van der Waals surface area (Å²) in [5, 5.41) is 11.4. The van der Waals surface area contributed by atoms with Crippen molar-refractivity contribution in [2.45, 2.75) is 13.5 Å². The second kappa shape index (κ2) is 6.57. The fraction of sp³-hybridized carbons (Fsp3) is 0.417. The average molecular weight is 249 g/mol. The third-order valence-corrected chi connectivity index (χ3v) is 2.44. The predicted octanol–water partition coefficient (Wildman–Crippen LogP) is -0.209. The molecule has 0 saturated carbocycles. The predicted molar refractivity (Wildman–Crippen MR) is 65.0 cm³/mol. The Morgan fingerprint density at radius 2 is 2.28 bits per heavy atom. The summed E-state index contributed by atoms with van der Waals surface area (Å²) >= 11 is 0. The average Bonchev–Trinajstić information content (AvgIpc) is 2.35. The van der Waals surface area contributed by atoms with Crippen LogP contribution in [0.25, 0.3) is 0 Å². The van der Waals surface area contributed by atoms with Crippen LogP contribution in [0.2, 0.25) is 0 Å². The number of rotatable bonds is 5. The van der Waals surface area contributed by atoms with E-state index < -0.39 is 5.56 Å². The maximum atomic E-state index is 11.8. The number of pyridine rings is 1. The van der Waals surface area contributed by atoms with Gasteiger partial charge in [-0.05, 0) is 19.1 Å². The molecule has 0 aliphatic rings. The summed E-state index contributed by atoms with van der Waals surface area (Å²) in [5.74, 6) is -0.285. The first-order valence-electron chi connectivity index (χ1n) is 5.46. The van der Waals surface area contributed by atoms with Gasteiger partial charge in [0.15, 0.2) is 0 Å². The van der Waals surface area contributed by atoms with Crippen molar-refractivity contribution in [3.63, 3.8) is 0 Å². The molecule has 1 amide bonds. The molecule has 6 nitrogen and oxygen atoms in total. The fourth-order valence-corrected chi connectivity index (χ4v) is 1.44. The molecule has 0 bridgehead atoms. The number of nitriles is 1. The molecule has 0 unspecified atom stereocenters. The second-order valence-electron chi connectivity index (χ2n) is 3.73. The maximum Gasteiger partial charge on any atom is 0.269 e. The molecule has 1 rings (SSSR count). The van der Waals surface area contributed by atoms with E-state index in [0.717, 1.165) is 0 Å². The molecule has 1 aromatic rings. The second-order valence-corrected chi connectivity index (χ2v) is 3.73. The molecule has 0 saturated heterocycles. The number of hydrogen-bond acceptors (Lipinski definition) is 4. The Morgan fingerprint density at radius 3 is 2.89 bits per heavy atom. The first-order valence-corrected chi connectivity index (χ1v) is 5.46. The van der Waals surface area contributed by atoms with Crippen LogP contribution in [-0.4, -0.2) is 30.7 Å². The summed E-state index contributed by atoms with van der Waals surface area (Å²) < 4.78 is 6.08. The lowest BCUT2D eigenvalue weighted by Gasteiger charge is -2.10. The minimum absolute atomic E-state index is 0.0327. The van der Waals surface area contributed by atoms with Crippen LogP contribution in [0.5, 0.6) is 0 Å². The van der Waals surface area contributed by atoms with Crippen LogP contribution < -0.4 is 10.9 Å². The zero-order valence-electron chi connectivity index (χ0n) is 10.4. The van der Waals surface area contributed by atoms with E-state index in [0.29, 0.717) is 18.8 Å². The van der Waals surface area contributed by atoms with Crippen molar-refractivity contribution in [1.82, 2.24) is 9.88 Å². The molecule has 1 heterocycles. The molecule has 0 aliphatic heterocycles. The minimum Gasteiger partial charge on any atom is -0.383 e. The Hall–Kier alpha value is -2.13. The van der Waals surface area contributed by atoms with E-state index in [1.54, 1.807) is 19.1 Å². The number of hydrogen-bond donors (Lipinski definition) is 1. The molecule has 6 heteroatoms. The van der Waals surface area contributed by atoms with E-state index in [2.05, 4.69) is 5.32 Å². The summed E-state index contributed by atoms with van der Waals surface area (Å²) in [7, 11) is 1.54. The number of methoxy groups -OCH3 is 1. The van der Waals surface area contributed by atoms with Crippen LogP contribution in [0, 0.1) is 18.3 Å². The highest BCUT2D eigenvalue weighted by atomic mass is 16.5. The molecule has 0 aromatic carbocycles. The largest absolute Gasteiger partial charge is 0.383 e. The van der Waals surface area contributed by atoms with E-state index in [1.165, 1.54) is 17.7 Å². The quantitative estimate of drug-likeness (QED) is 0.732. The lowest BCUT2D eigenvalue weighted by Crippen LogP contribution is -2.35. The van der Waals surface area contributed by atoms with Gasteiger partial charge in [-0.25, -0.2) is 0 Å². The number of aromatic nitrogens is 1. The number of amides is 1. The summed E-state index contributed by atoms with van der Waals surface area (Å²) in [5.41, 5.74) is 0.227. The number of nitrogens with zero attached hydrogens (tertiary/aromatic N) is 2. The Morgan fingerprint density at radius 1 is 1.56 bits per heavy atom. The lowest BCUT2D eigenvalue weighted by molar-refractivity contribution is -0.121. The number of carbonyl (C=O) groups excluding carboxylic acids is 1. The van der Waals surface area contributed by atoms with E-state index in [9.17, 15) is 9.59 Å². The van der Waals surface area contributed by atoms with Crippen LogP contribution in [0.15, 0.2) is 16.9 Å². The highest BCUT2D eigenvalue weighted by Gasteiger charge is 2.09. The summed E-state index contributed by atoms with van der Waals surface area (Å²) in [6, 6.07) is 4.90. The molecular formula is C12H15N3O3. The van der Waals surface area contributed by atoms with Crippen molar-refractivity contribution in [3.8, 4) is 6.07 Å². The van der Waals surface area contributed by atoms with E-state index >= 15 is 0 Å². The van der Waals surface area contributed by atoms with Gasteiger partial charge in [0.2, 0.25) is 5.91 Å². The van der Waals surface area contributed by atoms with Crippen molar-refractivity contribution >= 4 is 5.91 Å². The molecule has 18 heavy (non-hydrogen) atoms. The van der Waals surface area contributed by atoms with Crippen LogP contribution >= 0.6 is 0 Å². The summed E-state index contributed by atoms with van der Waals surface area (Å²) in [4.78, 5) is 23.4. The molecule has 0 aliphatic carbocycles. The van der Waals surface area contributed by atoms with Crippen LogP contribution in [0.3, 0.4) is 0 Å². The van der Waals surface area contributed by atoms with Gasteiger partial charge in [0, 0.05) is 19.3 Å². The van der Waals surface area contributed by atoms with Gasteiger partial charge in [0.25, 0.3) is 5.56 Å². The van der Waals surface area contributed by atoms with E-state index in [-0.39, 0.29) is 18.0 Å². The topological polar surface area (TPSA) is 84.1 Å². The minimum atomic E-state index is -0.445. The number of carbonyl (C=O) groups is 1. The van der Waals surface area contributed by atoms with Crippen LogP contribution in [0.4, 0.5) is 0 Å². The van der Waals surface area contributed by atoms with Gasteiger partial charge in [0.05, 0.1) is 6.61 Å². The number of nitrogens with one attached hydrogen (secondary N) is 1. The molecular weight excluding hydrogens is 234 g/mol. The van der Waals surface area contributed by atoms with Gasteiger partial charge in [-0.1, -0.05) is 0 Å². The molecule has 1 N–H and O–H groups in total. The zero-order valence-corrected chi connectivity index (χ0v) is 10.4. The zero-order chi connectivity index (χ0) is 13.5. The van der Waals surface area contributed by atoms with Crippen molar-refractivity contribution in [1.29, 1.82) is 5.26 Å². The Bertz CT molecular complexity index is 528. The molecule has 0 radical (unpaired) electrons. The fourth-order valence-electron chi connectivity index (χ4n) is 1.44. The Labute approximate surface area is 105 Å². The van der Waals surface area contributed by atoms with Gasteiger partial charge in [-0.2, -0.15) is 5.26 Å². The first-order chi connectivity index (χ1) is 8.60. The Balaban J connectivity index is 2.82. The van der Waals surface area contributed by atoms with Gasteiger partial charge >= 0.3 is 0 Å². The first kappa shape index (κ1) is 13.9. The third-order valence-electron chi connectivity index (χ3n) is 2.44. The number of aryl methyl sites for hydroxylation is 1. The van der Waals surface area contributed by atoms with Gasteiger partial charge in [-0.3, -0.25) is 9.59 Å². The normalized spacial score (nSPS) is 9.83. The monoisotopic (exact) mass is 249 g/mol. The maximum absolute atomic E-state index is 11.8. The van der Waals surface area contributed by atoms with Crippen molar-refractivity contribution < 1.29 is 9.53 Å². The molecule has 1 aromatic heterocycles. The SMILES string of the molecule is COCCNC(=O)Cn1c(C)ccc(C#N)c1=O. The van der Waals surface area contributed by atoms with Crippen molar-refractivity contribution in [2.75, 3.05) is 20.3 Å². The third kappa shape index (κ3) is 3.43. The highest BCUT2D eigenvalue weighted by Crippen LogP contribution is 1.97. The molecule has 96 valence electrons. The summed E-state index contributed by atoms with van der Waals surface area (Å²) in [6.07, 6.45) is 0. The van der Waals surface area contributed by atoms with Gasteiger partial charge in [-0.15, -0.1) is 0 Å². The number of ether oxygens (including phenoxy) is 1. The summed E-state index contributed by atoms with van der Waals surface area (Å²) in [6.45, 7) is 2.42. The van der Waals surface area contributed by atoms with Gasteiger partial charge in [0.1, 0.15) is 18.2 Å². The smallest absolute Gasteiger partial charge is 0.269 e. The Kier molecular flexibility index (Phi) is 5.08. The van der Waals surface area contributed by atoms with Crippen molar-refractivity contribution in [3.05, 3.63) is 33.7 Å². The van der Waals surface area contributed by atoms with E-state index in [4.69, 9.17) is 10.00 Å².